The van der Waals surface area contributed by atoms with E-state index >= 15 is 0 Å². The molecule has 1 aromatic carbocycles. The van der Waals surface area contributed by atoms with Crippen molar-refractivity contribution >= 4 is 17.3 Å². The number of pyridine rings is 1. The fourth-order valence-corrected chi connectivity index (χ4v) is 3.70. The lowest BCUT2D eigenvalue weighted by atomic mass is 10.3. The number of esters is 1. The minimum atomic E-state index is -0.835. The van der Waals surface area contributed by atoms with Crippen molar-refractivity contribution in [2.45, 2.75) is 13.0 Å². The summed E-state index contributed by atoms with van der Waals surface area (Å²) in [5.74, 6) is -0.398. The van der Waals surface area contributed by atoms with Gasteiger partial charge in [-0.1, -0.05) is 11.2 Å². The van der Waals surface area contributed by atoms with Gasteiger partial charge in [0.05, 0.1) is 10.6 Å². The van der Waals surface area contributed by atoms with Crippen LogP contribution in [0.3, 0.4) is 0 Å². The Kier molecular flexibility index (Phi) is 5.45. The van der Waals surface area contributed by atoms with Gasteiger partial charge in [-0.25, -0.2) is 13.9 Å². The number of hydrogen-bond donors (Lipinski definition) is 0. The summed E-state index contributed by atoms with van der Waals surface area (Å²) in [6, 6.07) is 13.0. The van der Waals surface area contributed by atoms with Crippen molar-refractivity contribution in [3.8, 4) is 27.8 Å². The topological polar surface area (TPSA) is 109 Å². The Balaban J connectivity index is 1.40. The van der Waals surface area contributed by atoms with Crippen LogP contribution in [0, 0.1) is 5.82 Å². The van der Waals surface area contributed by atoms with Crippen LogP contribution in [0.25, 0.3) is 27.8 Å². The SMILES string of the molecule is CC(OC(=O)c1nc(-c2cccs2)n(-c2ccc(F)cc2)n1)c1nc(-c2cccnc2)no1. The van der Waals surface area contributed by atoms with Gasteiger partial charge in [-0.2, -0.15) is 9.97 Å². The zero-order chi connectivity index (χ0) is 22.8. The Morgan fingerprint density at radius 3 is 2.73 bits per heavy atom. The second kappa shape index (κ2) is 8.71. The van der Waals surface area contributed by atoms with Gasteiger partial charge in [-0.05, 0) is 54.8 Å². The third-order valence-electron chi connectivity index (χ3n) is 4.60. The fraction of sp³-hybridized carbons (Fsp3) is 0.0909. The van der Waals surface area contributed by atoms with Crippen LogP contribution in [0.2, 0.25) is 0 Å². The zero-order valence-corrected chi connectivity index (χ0v) is 17.9. The molecule has 0 saturated carbocycles. The normalized spacial score (nSPS) is 11.9. The lowest BCUT2D eigenvalue weighted by Gasteiger charge is -2.06. The molecule has 33 heavy (non-hydrogen) atoms. The molecule has 1 atom stereocenters. The van der Waals surface area contributed by atoms with Crippen LogP contribution in [0.5, 0.6) is 0 Å². The molecule has 4 heterocycles. The van der Waals surface area contributed by atoms with Crippen LogP contribution in [0.15, 0.2) is 70.8 Å². The number of benzene rings is 1. The Morgan fingerprint density at radius 1 is 1.15 bits per heavy atom. The zero-order valence-electron chi connectivity index (χ0n) is 17.1. The second-order valence-corrected chi connectivity index (χ2v) is 7.82. The molecule has 0 N–H and O–H groups in total. The summed E-state index contributed by atoms with van der Waals surface area (Å²) in [4.78, 5) is 26.3. The molecule has 164 valence electrons. The number of halogens is 1. The Hall–Kier alpha value is -4.25. The molecule has 9 nitrogen and oxygen atoms in total. The van der Waals surface area contributed by atoms with Crippen LogP contribution >= 0.6 is 11.3 Å². The highest BCUT2D eigenvalue weighted by Crippen LogP contribution is 2.27. The van der Waals surface area contributed by atoms with Gasteiger partial charge in [0.25, 0.3) is 11.7 Å². The third-order valence-corrected chi connectivity index (χ3v) is 5.46. The van der Waals surface area contributed by atoms with E-state index in [1.807, 2.05) is 17.5 Å². The first-order chi connectivity index (χ1) is 16.1. The van der Waals surface area contributed by atoms with Crippen LogP contribution in [0.4, 0.5) is 4.39 Å². The van der Waals surface area contributed by atoms with Gasteiger partial charge in [0, 0.05) is 18.0 Å². The van der Waals surface area contributed by atoms with Gasteiger partial charge >= 0.3 is 5.97 Å². The smallest absolute Gasteiger partial charge is 0.379 e. The molecule has 0 bridgehead atoms. The predicted molar refractivity (Wildman–Crippen MR) is 116 cm³/mol. The van der Waals surface area contributed by atoms with Gasteiger partial charge in [0.2, 0.25) is 5.82 Å². The number of nitrogens with zero attached hydrogens (tertiary/aromatic N) is 6. The molecule has 1 unspecified atom stereocenters. The standard InChI is InChI=1S/C22H15FN6O3S/c1-13(21-26-18(28-32-21)14-4-2-10-24-12-14)31-22(30)19-25-20(17-5-3-11-33-17)29(27-19)16-8-6-15(23)7-9-16/h2-13H,1H3. The second-order valence-electron chi connectivity index (χ2n) is 6.87. The first-order valence-corrected chi connectivity index (χ1v) is 10.7. The molecular formula is C22H15FN6O3S. The van der Waals surface area contributed by atoms with Crippen LogP contribution in [-0.4, -0.2) is 35.9 Å². The molecule has 0 aliphatic carbocycles. The summed E-state index contributed by atoms with van der Waals surface area (Å²) in [5.41, 5.74) is 1.23. The molecule has 5 rings (SSSR count). The monoisotopic (exact) mass is 462 g/mol. The third kappa shape index (κ3) is 4.26. The van der Waals surface area contributed by atoms with Crippen LogP contribution in [-0.2, 0) is 4.74 Å². The van der Waals surface area contributed by atoms with E-state index in [9.17, 15) is 9.18 Å². The highest BCUT2D eigenvalue weighted by Gasteiger charge is 2.25. The minimum absolute atomic E-state index is 0.124. The maximum atomic E-state index is 13.4. The molecule has 0 saturated heterocycles. The summed E-state index contributed by atoms with van der Waals surface area (Å²) in [6.45, 7) is 1.61. The minimum Gasteiger partial charge on any atom is -0.447 e. The highest BCUT2D eigenvalue weighted by atomic mass is 32.1. The average Bonchev–Trinajstić information content (AvgIpc) is 3.60. The summed E-state index contributed by atoms with van der Waals surface area (Å²) in [5, 5.41) is 10.1. The number of carbonyl (C=O) groups excluding carboxylic acids is 1. The quantitative estimate of drug-likeness (QED) is 0.339. The van der Waals surface area contributed by atoms with E-state index in [1.165, 1.54) is 28.2 Å². The summed E-state index contributed by atoms with van der Waals surface area (Å²) < 4.78 is 25.6. The maximum Gasteiger partial charge on any atom is 0.379 e. The van der Waals surface area contributed by atoms with E-state index in [2.05, 4.69) is 25.2 Å². The largest absolute Gasteiger partial charge is 0.447 e. The molecule has 5 aromatic rings. The maximum absolute atomic E-state index is 13.4. The first kappa shape index (κ1) is 20.6. The van der Waals surface area contributed by atoms with Crippen LogP contribution in [0.1, 0.15) is 29.5 Å². The number of hydrogen-bond acceptors (Lipinski definition) is 9. The number of ether oxygens (including phenoxy) is 1. The number of carbonyl (C=O) groups is 1. The van der Waals surface area contributed by atoms with Crippen molar-refractivity contribution in [1.29, 1.82) is 0 Å². The van der Waals surface area contributed by atoms with Crippen LogP contribution < -0.4 is 0 Å². The van der Waals surface area contributed by atoms with Gasteiger partial charge in [0.1, 0.15) is 5.82 Å². The van der Waals surface area contributed by atoms with E-state index < -0.39 is 12.1 Å². The molecule has 0 aliphatic heterocycles. The van der Waals surface area contributed by atoms with Crippen molar-refractivity contribution < 1.29 is 18.4 Å². The number of aromatic nitrogens is 6. The molecular weight excluding hydrogens is 447 g/mol. The Bertz CT molecular complexity index is 1380. The van der Waals surface area contributed by atoms with Crippen molar-refractivity contribution in [1.82, 2.24) is 29.9 Å². The molecule has 0 aliphatic rings. The van der Waals surface area contributed by atoms with Crippen molar-refractivity contribution in [2.75, 3.05) is 0 Å². The average molecular weight is 462 g/mol. The first-order valence-electron chi connectivity index (χ1n) is 9.80. The molecule has 0 fully saturated rings. The number of rotatable bonds is 6. The van der Waals surface area contributed by atoms with Crippen molar-refractivity contribution in [2.24, 2.45) is 0 Å². The van der Waals surface area contributed by atoms with E-state index in [0.29, 0.717) is 22.9 Å². The van der Waals surface area contributed by atoms with Gasteiger partial charge in [0.15, 0.2) is 11.9 Å². The highest BCUT2D eigenvalue weighted by molar-refractivity contribution is 7.13. The lowest BCUT2D eigenvalue weighted by molar-refractivity contribution is 0.0251. The Morgan fingerprint density at radius 2 is 2.00 bits per heavy atom. The molecule has 0 amide bonds. The van der Waals surface area contributed by atoms with E-state index in [1.54, 1.807) is 43.6 Å². The van der Waals surface area contributed by atoms with E-state index in [4.69, 9.17) is 9.26 Å². The van der Waals surface area contributed by atoms with Gasteiger partial charge in [-0.15, -0.1) is 16.4 Å². The molecule has 11 heteroatoms. The molecule has 0 radical (unpaired) electrons. The predicted octanol–water partition coefficient (Wildman–Crippen LogP) is 4.50. The lowest BCUT2D eigenvalue weighted by Crippen LogP contribution is -2.11. The van der Waals surface area contributed by atoms with Gasteiger partial charge < -0.3 is 9.26 Å². The van der Waals surface area contributed by atoms with E-state index in [0.717, 1.165) is 4.88 Å². The van der Waals surface area contributed by atoms with Gasteiger partial charge in [-0.3, -0.25) is 4.98 Å². The fourth-order valence-electron chi connectivity index (χ4n) is 3.00. The van der Waals surface area contributed by atoms with E-state index in [-0.39, 0.29) is 17.5 Å². The van der Waals surface area contributed by atoms with Crippen molar-refractivity contribution in [3.05, 3.63) is 83.8 Å². The van der Waals surface area contributed by atoms with Crippen molar-refractivity contribution in [3.63, 3.8) is 0 Å². The number of thiophene rings is 1. The molecule has 4 aromatic heterocycles. The summed E-state index contributed by atoms with van der Waals surface area (Å²) in [6.07, 6.45) is 2.40. The summed E-state index contributed by atoms with van der Waals surface area (Å²) >= 11 is 1.44. The summed E-state index contributed by atoms with van der Waals surface area (Å²) in [7, 11) is 0. The Labute approximate surface area is 190 Å². The molecule has 0 spiro atoms.